The second-order valence-corrected chi connectivity index (χ2v) is 3.65. The summed E-state index contributed by atoms with van der Waals surface area (Å²) in [5, 5.41) is 0. The van der Waals surface area contributed by atoms with E-state index in [0.717, 1.165) is 30.4 Å². The number of carbonyl (C=O) groups is 1. The van der Waals surface area contributed by atoms with Gasteiger partial charge in [-0.25, -0.2) is 9.97 Å². The molecule has 1 aromatic heterocycles. The van der Waals surface area contributed by atoms with Gasteiger partial charge in [0.15, 0.2) is 6.29 Å². The highest BCUT2D eigenvalue weighted by atomic mass is 16.1. The molecule has 68 valence electrons. The van der Waals surface area contributed by atoms with Crippen LogP contribution in [0.3, 0.4) is 0 Å². The summed E-state index contributed by atoms with van der Waals surface area (Å²) < 4.78 is 0. The molecule has 3 nitrogen and oxygen atoms in total. The maximum Gasteiger partial charge on any atom is 0.168 e. The van der Waals surface area contributed by atoms with Crippen molar-refractivity contribution in [3.05, 3.63) is 23.3 Å². The van der Waals surface area contributed by atoms with E-state index < -0.39 is 0 Å². The normalized spacial score (nSPS) is 20.8. The molecule has 0 bridgehead atoms. The van der Waals surface area contributed by atoms with Gasteiger partial charge < -0.3 is 0 Å². The van der Waals surface area contributed by atoms with Crippen molar-refractivity contribution < 1.29 is 4.79 Å². The average molecular weight is 176 g/mol. The smallest absolute Gasteiger partial charge is 0.168 e. The summed E-state index contributed by atoms with van der Waals surface area (Å²) in [7, 11) is 0. The van der Waals surface area contributed by atoms with E-state index in [1.807, 2.05) is 0 Å². The Morgan fingerprint density at radius 2 is 2.38 bits per heavy atom. The third-order valence-corrected chi connectivity index (χ3v) is 2.61. The topological polar surface area (TPSA) is 42.9 Å². The molecule has 1 aliphatic rings. The first-order valence-corrected chi connectivity index (χ1v) is 4.59. The number of nitrogens with zero attached hydrogens (tertiary/aromatic N) is 2. The molecule has 0 amide bonds. The number of fused-ring (bicyclic) bond motifs is 1. The predicted molar refractivity (Wildman–Crippen MR) is 48.6 cm³/mol. The van der Waals surface area contributed by atoms with Gasteiger partial charge in [0.25, 0.3) is 0 Å². The van der Waals surface area contributed by atoms with Crippen LogP contribution in [0.2, 0.25) is 0 Å². The summed E-state index contributed by atoms with van der Waals surface area (Å²) in [6.45, 7) is 2.20. The third kappa shape index (κ3) is 1.46. The molecule has 0 radical (unpaired) electrons. The highest BCUT2D eigenvalue weighted by Crippen LogP contribution is 2.24. The van der Waals surface area contributed by atoms with Crippen LogP contribution >= 0.6 is 0 Å². The van der Waals surface area contributed by atoms with Gasteiger partial charge in [0.1, 0.15) is 12.0 Å². The Balaban J connectivity index is 2.46. The molecule has 2 rings (SSSR count). The fourth-order valence-corrected chi connectivity index (χ4v) is 1.84. The zero-order chi connectivity index (χ0) is 9.26. The molecule has 1 aliphatic carbocycles. The van der Waals surface area contributed by atoms with Crippen molar-refractivity contribution in [2.45, 2.75) is 26.2 Å². The Hall–Kier alpha value is -1.25. The molecule has 13 heavy (non-hydrogen) atoms. The van der Waals surface area contributed by atoms with Crippen molar-refractivity contribution in [1.82, 2.24) is 9.97 Å². The highest BCUT2D eigenvalue weighted by Gasteiger charge is 2.19. The van der Waals surface area contributed by atoms with Gasteiger partial charge >= 0.3 is 0 Å². The predicted octanol–water partition coefficient (Wildman–Crippen LogP) is 1.41. The van der Waals surface area contributed by atoms with Gasteiger partial charge in [-0.15, -0.1) is 0 Å². The molecule has 1 atom stereocenters. The van der Waals surface area contributed by atoms with E-state index in [9.17, 15) is 4.79 Å². The molecule has 0 aliphatic heterocycles. The van der Waals surface area contributed by atoms with Crippen LogP contribution in [-0.2, 0) is 12.8 Å². The van der Waals surface area contributed by atoms with Crippen molar-refractivity contribution in [2.24, 2.45) is 5.92 Å². The summed E-state index contributed by atoms with van der Waals surface area (Å²) in [4.78, 5) is 18.9. The first-order chi connectivity index (χ1) is 6.31. The van der Waals surface area contributed by atoms with Crippen LogP contribution in [-0.4, -0.2) is 16.3 Å². The number of aromatic nitrogens is 2. The first-order valence-electron chi connectivity index (χ1n) is 4.59. The Morgan fingerprint density at radius 1 is 1.54 bits per heavy atom. The fraction of sp³-hybridized carbons (Fsp3) is 0.500. The monoisotopic (exact) mass is 176 g/mol. The summed E-state index contributed by atoms with van der Waals surface area (Å²) in [6.07, 6.45) is 5.42. The van der Waals surface area contributed by atoms with Crippen LogP contribution in [0.5, 0.6) is 0 Å². The Morgan fingerprint density at radius 3 is 3.15 bits per heavy atom. The second-order valence-electron chi connectivity index (χ2n) is 3.65. The molecule has 0 saturated carbocycles. The minimum absolute atomic E-state index is 0.580. The van der Waals surface area contributed by atoms with Crippen molar-refractivity contribution in [1.29, 1.82) is 0 Å². The van der Waals surface area contributed by atoms with E-state index in [2.05, 4.69) is 16.9 Å². The lowest BCUT2D eigenvalue weighted by Gasteiger charge is -2.20. The van der Waals surface area contributed by atoms with E-state index in [4.69, 9.17) is 0 Å². The first kappa shape index (κ1) is 8.35. The summed E-state index contributed by atoms with van der Waals surface area (Å²) in [5.74, 6) is 0.650. The lowest BCUT2D eigenvalue weighted by molar-refractivity contribution is 0.111. The van der Waals surface area contributed by atoms with E-state index in [1.54, 1.807) is 0 Å². The number of rotatable bonds is 1. The molecule has 0 fully saturated rings. The Bertz CT molecular complexity index is 336. The number of aryl methyl sites for hydroxylation is 1. The Labute approximate surface area is 77.2 Å². The molecular formula is C10H12N2O. The fourth-order valence-electron chi connectivity index (χ4n) is 1.84. The number of carbonyl (C=O) groups excluding carboxylic acids is 1. The van der Waals surface area contributed by atoms with Gasteiger partial charge in [0.05, 0.1) is 0 Å². The van der Waals surface area contributed by atoms with Gasteiger partial charge in [-0.2, -0.15) is 0 Å². The zero-order valence-corrected chi connectivity index (χ0v) is 7.66. The van der Waals surface area contributed by atoms with E-state index in [1.165, 1.54) is 12.7 Å². The van der Waals surface area contributed by atoms with E-state index in [0.29, 0.717) is 11.6 Å². The minimum atomic E-state index is 0.580. The van der Waals surface area contributed by atoms with E-state index in [-0.39, 0.29) is 0 Å². The van der Waals surface area contributed by atoms with E-state index >= 15 is 0 Å². The molecule has 0 spiro atoms. The lowest BCUT2D eigenvalue weighted by Crippen LogP contribution is -2.16. The number of hydrogen-bond acceptors (Lipinski definition) is 3. The lowest BCUT2D eigenvalue weighted by atomic mass is 9.87. The second kappa shape index (κ2) is 3.24. The zero-order valence-electron chi connectivity index (χ0n) is 7.66. The average Bonchev–Trinajstić information content (AvgIpc) is 2.17. The van der Waals surface area contributed by atoms with Gasteiger partial charge in [0, 0.05) is 11.3 Å². The molecule has 0 saturated heterocycles. The molecular weight excluding hydrogens is 164 g/mol. The molecule has 0 aromatic carbocycles. The largest absolute Gasteiger partial charge is 0.296 e. The van der Waals surface area contributed by atoms with Crippen molar-refractivity contribution in [3.63, 3.8) is 0 Å². The van der Waals surface area contributed by atoms with Crippen LogP contribution in [0.4, 0.5) is 0 Å². The van der Waals surface area contributed by atoms with Gasteiger partial charge in [-0.05, 0) is 25.2 Å². The van der Waals surface area contributed by atoms with Crippen molar-refractivity contribution in [2.75, 3.05) is 0 Å². The molecule has 3 heteroatoms. The summed E-state index contributed by atoms with van der Waals surface area (Å²) >= 11 is 0. The van der Waals surface area contributed by atoms with Crippen LogP contribution in [0.15, 0.2) is 6.33 Å². The molecule has 1 unspecified atom stereocenters. The van der Waals surface area contributed by atoms with Crippen molar-refractivity contribution in [3.8, 4) is 0 Å². The van der Waals surface area contributed by atoms with Gasteiger partial charge in [0.2, 0.25) is 0 Å². The van der Waals surface area contributed by atoms with Crippen LogP contribution < -0.4 is 0 Å². The molecule has 0 N–H and O–H groups in total. The third-order valence-electron chi connectivity index (χ3n) is 2.61. The maximum absolute atomic E-state index is 10.7. The van der Waals surface area contributed by atoms with Gasteiger partial charge in [-0.3, -0.25) is 4.79 Å². The van der Waals surface area contributed by atoms with Crippen LogP contribution in [0.25, 0.3) is 0 Å². The molecule has 1 heterocycles. The number of hydrogen-bond donors (Lipinski definition) is 0. The molecule has 1 aromatic rings. The summed E-state index contributed by atoms with van der Waals surface area (Å²) in [5.41, 5.74) is 2.71. The van der Waals surface area contributed by atoms with Crippen molar-refractivity contribution >= 4 is 6.29 Å². The standard InChI is InChI=1S/C10H12N2O/c1-7-2-3-9-8(4-7)10(5-13)12-6-11-9/h5-7H,2-4H2,1H3. The highest BCUT2D eigenvalue weighted by molar-refractivity contribution is 5.74. The maximum atomic E-state index is 10.7. The number of aldehydes is 1. The SMILES string of the molecule is CC1CCc2ncnc(C=O)c2C1. The minimum Gasteiger partial charge on any atom is -0.296 e. The van der Waals surface area contributed by atoms with Gasteiger partial charge in [-0.1, -0.05) is 6.92 Å². The Kier molecular flexibility index (Phi) is 2.08. The quantitative estimate of drug-likeness (QED) is 0.608. The van der Waals surface area contributed by atoms with Crippen LogP contribution in [0, 0.1) is 5.92 Å². The summed E-state index contributed by atoms with van der Waals surface area (Å²) in [6, 6.07) is 0. The van der Waals surface area contributed by atoms with Crippen LogP contribution in [0.1, 0.15) is 35.1 Å².